The molecule has 27 heavy (non-hydrogen) atoms. The Kier molecular flexibility index (Phi) is 4.36. The van der Waals surface area contributed by atoms with Gasteiger partial charge in [-0.2, -0.15) is 18.3 Å². The minimum Gasteiger partial charge on any atom is -0.327 e. The lowest BCUT2D eigenvalue weighted by molar-refractivity contribution is -0.142. The molecule has 0 fully saturated rings. The van der Waals surface area contributed by atoms with Crippen molar-refractivity contribution in [3.8, 4) is 5.69 Å². The van der Waals surface area contributed by atoms with Crippen LogP contribution >= 0.6 is 0 Å². The van der Waals surface area contributed by atoms with Crippen LogP contribution in [0.5, 0.6) is 0 Å². The number of nitrogens with zero attached hydrogens (tertiary/aromatic N) is 2. The van der Waals surface area contributed by atoms with E-state index in [4.69, 9.17) is 5.73 Å². The number of nitrogens with two attached hydrogens (primary N) is 1. The highest BCUT2D eigenvalue weighted by atomic mass is 19.4. The second-order valence-corrected chi connectivity index (χ2v) is 6.67. The van der Waals surface area contributed by atoms with Gasteiger partial charge in [-0.15, -0.1) is 0 Å². The molecule has 0 spiro atoms. The van der Waals surface area contributed by atoms with Gasteiger partial charge in [0.2, 0.25) is 0 Å². The zero-order valence-corrected chi connectivity index (χ0v) is 14.4. The second kappa shape index (κ2) is 6.70. The van der Waals surface area contributed by atoms with Crippen LogP contribution in [0.1, 0.15) is 28.9 Å². The van der Waals surface area contributed by atoms with E-state index in [-0.39, 0.29) is 18.0 Å². The molecule has 0 saturated heterocycles. The van der Waals surface area contributed by atoms with Crippen LogP contribution in [0.4, 0.5) is 13.2 Å². The molecule has 4 rings (SSSR count). The molecule has 2 aromatic carbocycles. The fourth-order valence-corrected chi connectivity index (χ4v) is 3.55. The quantitative estimate of drug-likeness (QED) is 0.711. The first kappa shape index (κ1) is 17.5. The van der Waals surface area contributed by atoms with E-state index in [2.05, 4.69) is 5.10 Å². The minimum atomic E-state index is -4.53. The van der Waals surface area contributed by atoms with Gasteiger partial charge in [-0.25, -0.2) is 4.68 Å². The van der Waals surface area contributed by atoms with Crippen LogP contribution in [0.2, 0.25) is 0 Å². The number of halogens is 3. The number of hydrogen-bond donors (Lipinski definition) is 1. The van der Waals surface area contributed by atoms with Crippen LogP contribution in [0.15, 0.2) is 60.7 Å². The van der Waals surface area contributed by atoms with Crippen LogP contribution in [0, 0.1) is 0 Å². The Balaban J connectivity index is 1.97. The number of fused-ring (bicyclic) bond motifs is 1. The molecule has 0 saturated carbocycles. The van der Waals surface area contributed by atoms with E-state index in [0.717, 1.165) is 11.1 Å². The molecule has 1 heterocycles. The van der Waals surface area contributed by atoms with Crippen molar-refractivity contribution in [3.63, 3.8) is 0 Å². The van der Waals surface area contributed by atoms with Crippen molar-refractivity contribution >= 4 is 11.6 Å². The third-order valence-electron chi connectivity index (χ3n) is 4.65. The average Bonchev–Trinajstić information content (AvgIpc) is 3.03. The van der Waals surface area contributed by atoms with Gasteiger partial charge in [-0.1, -0.05) is 48.5 Å². The Labute approximate surface area is 154 Å². The summed E-state index contributed by atoms with van der Waals surface area (Å²) in [6, 6.07) is 18.0. The second-order valence-electron chi connectivity index (χ2n) is 6.67. The maximum Gasteiger partial charge on any atom is 0.435 e. The summed E-state index contributed by atoms with van der Waals surface area (Å²) in [7, 11) is 0. The van der Waals surface area contributed by atoms with E-state index in [1.54, 1.807) is 24.3 Å². The summed E-state index contributed by atoms with van der Waals surface area (Å²) < 4.78 is 42.4. The van der Waals surface area contributed by atoms with Crippen LogP contribution < -0.4 is 5.73 Å². The molecule has 138 valence electrons. The monoisotopic (exact) mass is 369 g/mol. The molecule has 0 amide bonds. The van der Waals surface area contributed by atoms with Gasteiger partial charge in [0.25, 0.3) is 0 Å². The largest absolute Gasteiger partial charge is 0.435 e. The van der Waals surface area contributed by atoms with E-state index in [1.807, 2.05) is 42.5 Å². The van der Waals surface area contributed by atoms with Crippen molar-refractivity contribution in [2.45, 2.75) is 25.1 Å². The molecule has 0 bridgehead atoms. The number of benzene rings is 2. The third kappa shape index (κ3) is 3.40. The Bertz CT molecular complexity index is 973. The Hall–Kier alpha value is -2.86. The average molecular weight is 369 g/mol. The molecule has 1 aliphatic rings. The summed E-state index contributed by atoms with van der Waals surface area (Å²) in [6.45, 7) is 0. The summed E-state index contributed by atoms with van der Waals surface area (Å²) in [6.07, 6.45) is -1.97. The lowest BCUT2D eigenvalue weighted by atomic mass is 9.86. The summed E-state index contributed by atoms with van der Waals surface area (Å²) in [4.78, 5) is 0. The smallest absolute Gasteiger partial charge is 0.327 e. The minimum absolute atomic E-state index is 0.156. The Morgan fingerprint density at radius 3 is 2.22 bits per heavy atom. The predicted molar refractivity (Wildman–Crippen MR) is 99.2 cm³/mol. The summed E-state index contributed by atoms with van der Waals surface area (Å²) >= 11 is 0. The SMILES string of the molecule is NC1C/C(=C\c2ccccc2)c2c(c(C(F)(F)F)nn2-c2ccccc2)C1. The first-order chi connectivity index (χ1) is 12.9. The molecule has 1 unspecified atom stereocenters. The van der Waals surface area contributed by atoms with Gasteiger partial charge in [-0.05, 0) is 42.2 Å². The number of hydrogen-bond acceptors (Lipinski definition) is 2. The van der Waals surface area contributed by atoms with Crippen molar-refractivity contribution in [1.29, 1.82) is 0 Å². The van der Waals surface area contributed by atoms with Gasteiger partial charge in [0, 0.05) is 11.6 Å². The maximum absolute atomic E-state index is 13.6. The Morgan fingerprint density at radius 2 is 1.59 bits per heavy atom. The number of alkyl halides is 3. The molecule has 0 radical (unpaired) electrons. The highest BCUT2D eigenvalue weighted by molar-refractivity contribution is 5.84. The lowest BCUT2D eigenvalue weighted by Crippen LogP contribution is -2.28. The van der Waals surface area contributed by atoms with Gasteiger partial charge in [-0.3, -0.25) is 0 Å². The van der Waals surface area contributed by atoms with Crippen LogP contribution in [-0.2, 0) is 12.6 Å². The van der Waals surface area contributed by atoms with E-state index < -0.39 is 11.9 Å². The molecule has 2 N–H and O–H groups in total. The van der Waals surface area contributed by atoms with Gasteiger partial charge in [0.15, 0.2) is 5.69 Å². The highest BCUT2D eigenvalue weighted by Crippen LogP contribution is 2.41. The maximum atomic E-state index is 13.6. The molecule has 6 heteroatoms. The topological polar surface area (TPSA) is 43.8 Å². The van der Waals surface area contributed by atoms with Crippen molar-refractivity contribution in [1.82, 2.24) is 9.78 Å². The van der Waals surface area contributed by atoms with E-state index >= 15 is 0 Å². The first-order valence-corrected chi connectivity index (χ1v) is 8.69. The normalized spacial score (nSPS) is 18.5. The molecule has 3 aromatic rings. The van der Waals surface area contributed by atoms with E-state index in [1.165, 1.54) is 4.68 Å². The van der Waals surface area contributed by atoms with Crippen LogP contribution in [0.25, 0.3) is 17.3 Å². The summed E-state index contributed by atoms with van der Waals surface area (Å²) in [5.41, 5.74) is 8.21. The van der Waals surface area contributed by atoms with Gasteiger partial charge in [0.1, 0.15) is 0 Å². The molecular weight excluding hydrogens is 351 g/mol. The predicted octanol–water partition coefficient (Wildman–Crippen LogP) is 4.71. The number of para-hydroxylation sites is 1. The highest BCUT2D eigenvalue weighted by Gasteiger charge is 2.41. The first-order valence-electron chi connectivity index (χ1n) is 8.69. The molecule has 1 aromatic heterocycles. The fourth-order valence-electron chi connectivity index (χ4n) is 3.55. The van der Waals surface area contributed by atoms with Gasteiger partial charge < -0.3 is 5.73 Å². The lowest BCUT2D eigenvalue weighted by Gasteiger charge is -2.23. The molecule has 1 atom stereocenters. The fraction of sp³-hybridized carbons (Fsp3) is 0.190. The number of aromatic nitrogens is 2. The van der Waals surface area contributed by atoms with Crippen molar-refractivity contribution in [3.05, 3.63) is 83.2 Å². The molecule has 0 aliphatic heterocycles. The summed E-state index contributed by atoms with van der Waals surface area (Å²) in [5.74, 6) is 0. The Morgan fingerprint density at radius 1 is 0.963 bits per heavy atom. The molecular formula is C21H18F3N3. The van der Waals surface area contributed by atoms with Crippen molar-refractivity contribution in [2.24, 2.45) is 5.73 Å². The molecule has 3 nitrogen and oxygen atoms in total. The molecule has 1 aliphatic carbocycles. The number of rotatable bonds is 2. The third-order valence-corrected chi connectivity index (χ3v) is 4.65. The van der Waals surface area contributed by atoms with Crippen LogP contribution in [0.3, 0.4) is 0 Å². The van der Waals surface area contributed by atoms with Gasteiger partial charge >= 0.3 is 6.18 Å². The summed E-state index contributed by atoms with van der Waals surface area (Å²) in [5, 5.41) is 3.95. The van der Waals surface area contributed by atoms with Gasteiger partial charge in [0.05, 0.1) is 11.4 Å². The standard InChI is InChI=1S/C21H18F3N3/c22-21(23,24)20-18-13-16(25)12-15(11-14-7-3-1-4-8-14)19(18)27(26-20)17-9-5-2-6-10-17/h1-11,16H,12-13,25H2/b15-11+. The zero-order valence-electron chi connectivity index (χ0n) is 14.4. The van der Waals surface area contributed by atoms with E-state index in [9.17, 15) is 13.2 Å². The van der Waals surface area contributed by atoms with Crippen LogP contribution in [-0.4, -0.2) is 15.8 Å². The van der Waals surface area contributed by atoms with E-state index in [0.29, 0.717) is 17.8 Å². The van der Waals surface area contributed by atoms with Crippen molar-refractivity contribution < 1.29 is 13.2 Å². The zero-order chi connectivity index (χ0) is 19.0. The van der Waals surface area contributed by atoms with Crippen molar-refractivity contribution in [2.75, 3.05) is 0 Å².